The van der Waals surface area contributed by atoms with Crippen LogP contribution < -0.4 is 20.1 Å². The summed E-state index contributed by atoms with van der Waals surface area (Å²) in [5.41, 5.74) is 1.46. The molecule has 3 atom stereocenters. The zero-order valence-corrected chi connectivity index (χ0v) is 23.7. The van der Waals surface area contributed by atoms with Crippen LogP contribution in [0.3, 0.4) is 0 Å². The van der Waals surface area contributed by atoms with Crippen molar-refractivity contribution in [2.24, 2.45) is 0 Å². The lowest BCUT2D eigenvalue weighted by molar-refractivity contribution is 0.128. The maximum absolute atomic E-state index is 13.6. The summed E-state index contributed by atoms with van der Waals surface area (Å²) in [6.45, 7) is 5.60. The normalized spacial score (nSPS) is 25.3. The van der Waals surface area contributed by atoms with Crippen LogP contribution in [-0.2, 0) is 5.41 Å². The number of likely N-dealkylation sites (tertiary alicyclic amines) is 2. The van der Waals surface area contributed by atoms with E-state index in [-0.39, 0.29) is 23.2 Å². The molecule has 218 valence electrons. The molecule has 2 aliphatic heterocycles. The molecule has 9 heteroatoms. The quantitative estimate of drug-likeness (QED) is 0.424. The van der Waals surface area contributed by atoms with Crippen LogP contribution in [0.15, 0.2) is 36.4 Å². The highest BCUT2D eigenvalue weighted by molar-refractivity contribution is 5.89. The van der Waals surface area contributed by atoms with Crippen molar-refractivity contribution in [3.05, 3.63) is 53.6 Å². The van der Waals surface area contributed by atoms with Gasteiger partial charge in [0.1, 0.15) is 0 Å². The number of fused-ring (bicyclic) bond motifs is 1. The Morgan fingerprint density at radius 2 is 1.75 bits per heavy atom. The molecule has 0 radical (unpaired) electrons. The molecule has 0 unspecified atom stereocenters. The molecule has 0 aromatic heterocycles. The van der Waals surface area contributed by atoms with Crippen LogP contribution in [0.2, 0.25) is 0 Å². The number of rotatable bonds is 9. The Balaban J connectivity index is 1.30. The monoisotopic (exact) mass is 556 g/mol. The number of hydrogen-bond acceptors (Lipinski definition) is 5. The van der Waals surface area contributed by atoms with E-state index in [1.54, 1.807) is 14.2 Å². The lowest BCUT2D eigenvalue weighted by Gasteiger charge is -2.45. The fraction of sp³-hybridized carbons (Fsp3) is 0.581. The van der Waals surface area contributed by atoms with Gasteiger partial charge in [-0.2, -0.15) is 0 Å². The van der Waals surface area contributed by atoms with E-state index in [4.69, 9.17) is 9.47 Å². The third-order valence-electron chi connectivity index (χ3n) is 9.21. The standard InChI is InChI=1S/C31H42F2N4O3/c1-39-27-10-7-22(19-28(27)40-2)31-12-11-24(35-30(38)34-23-8-9-25(32)26(33)20-23)21-29(31)37(18-13-31)17-6-16-36-14-4-3-5-15-36/h7-10,19-20,24,29H,3-6,11-18,21H2,1-2H3,(H2,34,35,38)/t24-,29+,31+/m1/s1. The van der Waals surface area contributed by atoms with Gasteiger partial charge in [-0.05, 0) is 107 Å². The Kier molecular flexibility index (Phi) is 9.10. The summed E-state index contributed by atoms with van der Waals surface area (Å²) in [5, 5.41) is 5.77. The third kappa shape index (κ3) is 6.20. The van der Waals surface area contributed by atoms with E-state index in [1.165, 1.54) is 44.0 Å². The Hall–Kier alpha value is -2.91. The van der Waals surface area contributed by atoms with Gasteiger partial charge in [0.05, 0.1) is 14.2 Å². The van der Waals surface area contributed by atoms with Crippen molar-refractivity contribution in [3.8, 4) is 11.5 Å². The molecule has 2 heterocycles. The number of halogens is 2. The molecule has 5 rings (SSSR count). The molecule has 1 saturated carbocycles. The number of benzene rings is 2. The van der Waals surface area contributed by atoms with Crippen molar-refractivity contribution in [2.75, 3.05) is 52.3 Å². The topological polar surface area (TPSA) is 66.1 Å². The van der Waals surface area contributed by atoms with Crippen molar-refractivity contribution >= 4 is 11.7 Å². The number of piperidine rings is 1. The van der Waals surface area contributed by atoms with Crippen LogP contribution in [-0.4, -0.2) is 74.9 Å². The van der Waals surface area contributed by atoms with Gasteiger partial charge in [0.25, 0.3) is 0 Å². The highest BCUT2D eigenvalue weighted by Gasteiger charge is 2.51. The Morgan fingerprint density at radius 3 is 2.50 bits per heavy atom. The lowest BCUT2D eigenvalue weighted by Crippen LogP contribution is -2.53. The predicted molar refractivity (Wildman–Crippen MR) is 152 cm³/mol. The summed E-state index contributed by atoms with van der Waals surface area (Å²) in [7, 11) is 3.32. The van der Waals surface area contributed by atoms with E-state index >= 15 is 0 Å². The first-order valence-electron chi connectivity index (χ1n) is 14.6. The van der Waals surface area contributed by atoms with E-state index in [0.29, 0.717) is 0 Å². The summed E-state index contributed by atoms with van der Waals surface area (Å²) >= 11 is 0. The van der Waals surface area contributed by atoms with Gasteiger partial charge in [-0.1, -0.05) is 12.5 Å². The van der Waals surface area contributed by atoms with Gasteiger partial charge in [-0.15, -0.1) is 0 Å². The minimum Gasteiger partial charge on any atom is -0.493 e. The SMILES string of the molecule is COc1ccc([C@@]23CC[C@@H](NC(=O)Nc4ccc(F)c(F)c4)C[C@@H]2N(CCCN2CCCCC2)CC3)cc1OC. The summed E-state index contributed by atoms with van der Waals surface area (Å²) in [6, 6.07) is 9.54. The second-order valence-electron chi connectivity index (χ2n) is 11.5. The molecule has 3 aliphatic rings. The fourth-order valence-corrected chi connectivity index (χ4v) is 7.13. The number of carbonyl (C=O) groups excluding carboxylic acids is 1. The van der Waals surface area contributed by atoms with Gasteiger partial charge in [0.15, 0.2) is 23.1 Å². The molecular formula is C31H42F2N4O3. The second-order valence-corrected chi connectivity index (χ2v) is 11.5. The van der Waals surface area contributed by atoms with Crippen LogP contribution in [0.25, 0.3) is 0 Å². The number of amides is 2. The molecular weight excluding hydrogens is 514 g/mol. The molecule has 0 spiro atoms. The molecule has 3 fully saturated rings. The molecule has 2 saturated heterocycles. The Morgan fingerprint density at radius 1 is 0.950 bits per heavy atom. The van der Waals surface area contributed by atoms with Gasteiger partial charge in [0.2, 0.25) is 0 Å². The zero-order valence-electron chi connectivity index (χ0n) is 23.7. The third-order valence-corrected chi connectivity index (χ3v) is 9.21. The fourth-order valence-electron chi connectivity index (χ4n) is 7.13. The average molecular weight is 557 g/mol. The van der Waals surface area contributed by atoms with Crippen molar-refractivity contribution in [3.63, 3.8) is 0 Å². The summed E-state index contributed by atoms with van der Waals surface area (Å²) in [5.74, 6) is -0.463. The minimum absolute atomic E-state index is 0.0220. The predicted octanol–water partition coefficient (Wildman–Crippen LogP) is 5.54. The van der Waals surface area contributed by atoms with Gasteiger partial charge in [-0.25, -0.2) is 13.6 Å². The first-order valence-corrected chi connectivity index (χ1v) is 14.6. The van der Waals surface area contributed by atoms with Crippen LogP contribution in [0.5, 0.6) is 11.5 Å². The van der Waals surface area contributed by atoms with Crippen molar-refractivity contribution in [1.82, 2.24) is 15.1 Å². The summed E-state index contributed by atoms with van der Waals surface area (Å²) < 4.78 is 38.1. The van der Waals surface area contributed by atoms with E-state index in [1.807, 2.05) is 6.07 Å². The number of ether oxygens (including phenoxy) is 2. The van der Waals surface area contributed by atoms with Gasteiger partial charge >= 0.3 is 6.03 Å². The molecule has 7 nitrogen and oxygen atoms in total. The van der Waals surface area contributed by atoms with Crippen LogP contribution in [0, 0.1) is 11.6 Å². The molecule has 1 aliphatic carbocycles. The average Bonchev–Trinajstić information content (AvgIpc) is 3.34. The summed E-state index contributed by atoms with van der Waals surface area (Å²) in [4.78, 5) is 18.0. The molecule has 2 aromatic rings. The van der Waals surface area contributed by atoms with E-state index in [2.05, 4.69) is 32.6 Å². The van der Waals surface area contributed by atoms with E-state index < -0.39 is 17.7 Å². The molecule has 0 bridgehead atoms. The zero-order chi connectivity index (χ0) is 28.1. The van der Waals surface area contributed by atoms with Gasteiger partial charge in [0, 0.05) is 29.3 Å². The highest BCUT2D eigenvalue weighted by Crippen LogP contribution is 2.50. The van der Waals surface area contributed by atoms with Crippen LogP contribution in [0.4, 0.5) is 19.3 Å². The number of urea groups is 1. The Bertz CT molecular complexity index is 1180. The highest BCUT2D eigenvalue weighted by atomic mass is 19.2. The number of carbonyl (C=O) groups is 1. The first-order chi connectivity index (χ1) is 19.4. The Labute approximate surface area is 236 Å². The van der Waals surface area contributed by atoms with Crippen molar-refractivity contribution in [2.45, 2.75) is 68.9 Å². The number of nitrogens with zero attached hydrogens (tertiary/aromatic N) is 2. The van der Waals surface area contributed by atoms with Crippen LogP contribution >= 0.6 is 0 Å². The van der Waals surface area contributed by atoms with Crippen molar-refractivity contribution in [1.29, 1.82) is 0 Å². The van der Waals surface area contributed by atoms with E-state index in [0.717, 1.165) is 75.4 Å². The number of nitrogens with one attached hydrogen (secondary N) is 2. The molecule has 2 aromatic carbocycles. The minimum atomic E-state index is -0.985. The van der Waals surface area contributed by atoms with Crippen molar-refractivity contribution < 1.29 is 23.0 Å². The van der Waals surface area contributed by atoms with Crippen LogP contribution in [0.1, 0.15) is 56.9 Å². The number of methoxy groups -OCH3 is 2. The largest absolute Gasteiger partial charge is 0.493 e. The number of anilines is 1. The molecule has 2 N–H and O–H groups in total. The maximum Gasteiger partial charge on any atom is 0.319 e. The van der Waals surface area contributed by atoms with Gasteiger partial charge in [-0.3, -0.25) is 4.90 Å². The summed E-state index contributed by atoms with van der Waals surface area (Å²) in [6.07, 6.45) is 8.73. The second kappa shape index (κ2) is 12.7. The number of hydrogen-bond donors (Lipinski definition) is 2. The van der Waals surface area contributed by atoms with E-state index in [9.17, 15) is 13.6 Å². The lowest BCUT2D eigenvalue weighted by atomic mass is 9.65. The molecule has 2 amide bonds. The molecule has 40 heavy (non-hydrogen) atoms. The first kappa shape index (κ1) is 28.6. The maximum atomic E-state index is 13.6. The smallest absolute Gasteiger partial charge is 0.319 e. The van der Waals surface area contributed by atoms with Gasteiger partial charge < -0.3 is 25.0 Å².